The molecule has 0 aromatic carbocycles. The average Bonchev–Trinajstić information content (AvgIpc) is 2.79. The van der Waals surface area contributed by atoms with Gasteiger partial charge in [-0.05, 0) is 38.9 Å². The lowest BCUT2D eigenvalue weighted by molar-refractivity contribution is 0.269. The fraction of sp³-hybridized carbons (Fsp3) is 0.636. The molecule has 3 N–H and O–H groups in total. The molecule has 5 heteroatoms. The number of hydrogen-bond donors (Lipinski definition) is 2. The molecule has 0 amide bonds. The first-order chi connectivity index (χ1) is 7.75. The van der Waals surface area contributed by atoms with Gasteiger partial charge in [0.25, 0.3) is 0 Å². The zero-order valence-corrected chi connectivity index (χ0v) is 9.69. The second kappa shape index (κ2) is 5.12. The Morgan fingerprint density at radius 3 is 2.94 bits per heavy atom. The first-order valence-corrected chi connectivity index (χ1v) is 5.82. The van der Waals surface area contributed by atoms with Gasteiger partial charge in [0.05, 0.1) is 0 Å². The Hall–Kier alpha value is -1.36. The predicted octanol–water partition coefficient (Wildman–Crippen LogP) is 0.955. The van der Waals surface area contributed by atoms with Crippen molar-refractivity contribution in [1.29, 1.82) is 0 Å². The first-order valence-electron chi connectivity index (χ1n) is 5.82. The van der Waals surface area contributed by atoms with E-state index in [-0.39, 0.29) is 0 Å². The number of nitrogens with zero attached hydrogens (tertiary/aromatic N) is 3. The molecular weight excluding hydrogens is 202 g/mol. The lowest BCUT2D eigenvalue weighted by Crippen LogP contribution is -2.35. The molecule has 1 atom stereocenters. The van der Waals surface area contributed by atoms with Gasteiger partial charge in [-0.25, -0.2) is 4.98 Å². The van der Waals surface area contributed by atoms with Gasteiger partial charge in [-0.3, -0.25) is 4.90 Å². The maximum atomic E-state index is 5.51. The van der Waals surface area contributed by atoms with Crippen molar-refractivity contribution < 1.29 is 0 Å². The van der Waals surface area contributed by atoms with Crippen LogP contribution in [0.5, 0.6) is 0 Å². The fourth-order valence-electron chi connectivity index (χ4n) is 2.04. The Kier molecular flexibility index (Phi) is 3.56. The Balaban J connectivity index is 1.82. The van der Waals surface area contributed by atoms with Gasteiger partial charge in [0.15, 0.2) is 0 Å². The second-order valence-corrected chi connectivity index (χ2v) is 4.27. The van der Waals surface area contributed by atoms with E-state index in [1.807, 2.05) is 6.07 Å². The highest BCUT2D eigenvalue weighted by molar-refractivity contribution is 5.37. The van der Waals surface area contributed by atoms with Gasteiger partial charge in [-0.2, -0.15) is 4.98 Å². The molecule has 0 radical (unpaired) electrons. The lowest BCUT2D eigenvalue weighted by Gasteiger charge is -2.24. The van der Waals surface area contributed by atoms with E-state index in [0.29, 0.717) is 12.0 Å². The summed E-state index contributed by atoms with van der Waals surface area (Å²) in [6.07, 6.45) is 4.32. The number of nitrogens with one attached hydrogen (secondary N) is 1. The number of nitrogens with two attached hydrogens (primary N) is 1. The normalized spacial score (nSPS) is 18.6. The summed E-state index contributed by atoms with van der Waals surface area (Å²) in [6, 6.07) is 2.38. The third-order valence-corrected chi connectivity index (χ3v) is 3.02. The molecule has 1 fully saturated rings. The van der Waals surface area contributed by atoms with E-state index in [9.17, 15) is 0 Å². The molecule has 0 bridgehead atoms. The van der Waals surface area contributed by atoms with Crippen molar-refractivity contribution in [3.63, 3.8) is 0 Å². The zero-order valence-electron chi connectivity index (χ0n) is 9.69. The Bertz CT molecular complexity index is 335. The Morgan fingerprint density at radius 1 is 1.50 bits per heavy atom. The predicted molar refractivity (Wildman–Crippen MR) is 65.2 cm³/mol. The highest BCUT2D eigenvalue weighted by atomic mass is 15.2. The van der Waals surface area contributed by atoms with E-state index in [1.165, 1.54) is 25.9 Å². The minimum atomic E-state index is 0.318. The summed E-state index contributed by atoms with van der Waals surface area (Å²) in [5.41, 5.74) is 5.51. The third kappa shape index (κ3) is 2.82. The molecule has 0 saturated carbocycles. The van der Waals surface area contributed by atoms with Gasteiger partial charge in [-0.15, -0.1) is 0 Å². The van der Waals surface area contributed by atoms with E-state index in [1.54, 1.807) is 6.20 Å². The Labute approximate surface area is 96.1 Å². The van der Waals surface area contributed by atoms with Crippen molar-refractivity contribution in [1.82, 2.24) is 14.9 Å². The van der Waals surface area contributed by atoms with E-state index in [4.69, 9.17) is 5.73 Å². The largest absolute Gasteiger partial charge is 0.368 e. The SMILES string of the molecule is CC(CNc1ccnc(N)n1)N1CCCC1. The van der Waals surface area contributed by atoms with Crippen molar-refractivity contribution >= 4 is 11.8 Å². The van der Waals surface area contributed by atoms with Gasteiger partial charge < -0.3 is 11.1 Å². The van der Waals surface area contributed by atoms with Crippen LogP contribution in [0.4, 0.5) is 11.8 Å². The molecule has 88 valence electrons. The highest BCUT2D eigenvalue weighted by Gasteiger charge is 2.17. The summed E-state index contributed by atoms with van der Waals surface area (Å²) in [5.74, 6) is 1.12. The molecule has 2 rings (SSSR count). The van der Waals surface area contributed by atoms with E-state index in [0.717, 1.165) is 12.4 Å². The summed E-state index contributed by atoms with van der Waals surface area (Å²) >= 11 is 0. The molecule has 16 heavy (non-hydrogen) atoms. The minimum Gasteiger partial charge on any atom is -0.368 e. The molecule has 0 aliphatic carbocycles. The zero-order chi connectivity index (χ0) is 11.4. The van der Waals surface area contributed by atoms with Crippen LogP contribution in [0.25, 0.3) is 0 Å². The van der Waals surface area contributed by atoms with Crippen molar-refractivity contribution in [2.75, 3.05) is 30.7 Å². The fourth-order valence-corrected chi connectivity index (χ4v) is 2.04. The number of hydrogen-bond acceptors (Lipinski definition) is 5. The molecule has 1 aromatic rings. The van der Waals surface area contributed by atoms with Crippen LogP contribution in [0.2, 0.25) is 0 Å². The van der Waals surface area contributed by atoms with Crippen LogP contribution < -0.4 is 11.1 Å². The smallest absolute Gasteiger partial charge is 0.221 e. The number of anilines is 2. The summed E-state index contributed by atoms with van der Waals surface area (Å²) in [5, 5.41) is 3.29. The third-order valence-electron chi connectivity index (χ3n) is 3.02. The van der Waals surface area contributed by atoms with Gasteiger partial charge in [0.1, 0.15) is 5.82 Å². The molecule has 5 nitrogen and oxygen atoms in total. The molecule has 1 aliphatic rings. The summed E-state index contributed by atoms with van der Waals surface area (Å²) in [4.78, 5) is 10.5. The molecule has 1 aromatic heterocycles. The van der Waals surface area contributed by atoms with Crippen LogP contribution in [0, 0.1) is 0 Å². The first kappa shape index (κ1) is 11.1. The molecule has 1 saturated heterocycles. The summed E-state index contributed by atoms with van der Waals surface area (Å²) in [7, 11) is 0. The van der Waals surface area contributed by atoms with Gasteiger partial charge >= 0.3 is 0 Å². The number of aromatic nitrogens is 2. The van der Waals surface area contributed by atoms with Crippen molar-refractivity contribution in [2.45, 2.75) is 25.8 Å². The molecule has 1 aliphatic heterocycles. The van der Waals surface area contributed by atoms with Crippen LogP contribution >= 0.6 is 0 Å². The maximum Gasteiger partial charge on any atom is 0.221 e. The lowest BCUT2D eigenvalue weighted by atomic mass is 10.3. The maximum absolute atomic E-state index is 5.51. The number of likely N-dealkylation sites (tertiary alicyclic amines) is 1. The minimum absolute atomic E-state index is 0.318. The van der Waals surface area contributed by atoms with Crippen LogP contribution in [0.3, 0.4) is 0 Å². The van der Waals surface area contributed by atoms with E-state index in [2.05, 4.69) is 27.1 Å². The van der Waals surface area contributed by atoms with Gasteiger partial charge in [-0.1, -0.05) is 0 Å². The summed E-state index contributed by atoms with van der Waals surface area (Å²) < 4.78 is 0. The number of nitrogen functional groups attached to an aromatic ring is 1. The standard InChI is InChI=1S/C11H19N5/c1-9(16-6-2-3-7-16)8-14-10-4-5-13-11(12)15-10/h4-5,9H,2-3,6-8H2,1H3,(H3,12,13,14,15). The quantitative estimate of drug-likeness (QED) is 0.792. The highest BCUT2D eigenvalue weighted by Crippen LogP contribution is 2.12. The topological polar surface area (TPSA) is 67.1 Å². The van der Waals surface area contributed by atoms with Crippen LogP contribution in [0.1, 0.15) is 19.8 Å². The van der Waals surface area contributed by atoms with Crippen molar-refractivity contribution in [2.24, 2.45) is 0 Å². The molecule has 1 unspecified atom stereocenters. The van der Waals surface area contributed by atoms with Gasteiger partial charge in [0.2, 0.25) is 5.95 Å². The molecule has 0 spiro atoms. The number of rotatable bonds is 4. The van der Waals surface area contributed by atoms with Crippen LogP contribution in [-0.4, -0.2) is 40.5 Å². The van der Waals surface area contributed by atoms with E-state index < -0.39 is 0 Å². The molecule has 2 heterocycles. The van der Waals surface area contributed by atoms with Gasteiger partial charge in [0, 0.05) is 18.8 Å². The monoisotopic (exact) mass is 221 g/mol. The van der Waals surface area contributed by atoms with E-state index >= 15 is 0 Å². The average molecular weight is 221 g/mol. The summed E-state index contributed by atoms with van der Waals surface area (Å²) in [6.45, 7) is 5.57. The molecular formula is C11H19N5. The van der Waals surface area contributed by atoms with Crippen molar-refractivity contribution in [3.05, 3.63) is 12.3 Å². The van der Waals surface area contributed by atoms with Crippen molar-refractivity contribution in [3.8, 4) is 0 Å². The Morgan fingerprint density at radius 2 is 2.25 bits per heavy atom. The van der Waals surface area contributed by atoms with Crippen LogP contribution in [-0.2, 0) is 0 Å². The van der Waals surface area contributed by atoms with Crippen LogP contribution in [0.15, 0.2) is 12.3 Å². The second-order valence-electron chi connectivity index (χ2n) is 4.27.